The zero-order chi connectivity index (χ0) is 20.6. The van der Waals surface area contributed by atoms with Gasteiger partial charge in [-0.1, -0.05) is 31.4 Å². The predicted molar refractivity (Wildman–Crippen MR) is 114 cm³/mol. The molecular weight excluding hydrogens is 379 g/mol. The van der Waals surface area contributed by atoms with Crippen molar-refractivity contribution in [3.63, 3.8) is 0 Å². The number of amides is 1. The van der Waals surface area contributed by atoms with Gasteiger partial charge in [0.25, 0.3) is 0 Å². The molecule has 2 saturated heterocycles. The largest absolute Gasteiger partial charge is 0.380 e. The molecule has 2 N–H and O–H groups in total. The normalized spacial score (nSPS) is 32.8. The molecule has 164 valence electrons. The third-order valence-corrected chi connectivity index (χ3v) is 8.38. The second-order valence-electron chi connectivity index (χ2n) is 10.0. The first-order chi connectivity index (χ1) is 14.7. The number of halogens is 1. The zero-order valence-corrected chi connectivity index (χ0v) is 18.1. The first-order valence-electron chi connectivity index (χ1n) is 12.2. The van der Waals surface area contributed by atoms with E-state index in [4.69, 9.17) is 4.74 Å². The van der Waals surface area contributed by atoms with Crippen LogP contribution in [0.15, 0.2) is 18.2 Å². The van der Waals surface area contributed by atoms with Gasteiger partial charge in [-0.2, -0.15) is 0 Å². The quantitative estimate of drug-likeness (QED) is 0.807. The third-order valence-electron chi connectivity index (χ3n) is 8.38. The molecule has 30 heavy (non-hydrogen) atoms. The summed E-state index contributed by atoms with van der Waals surface area (Å²) in [6.45, 7) is 3.41. The summed E-state index contributed by atoms with van der Waals surface area (Å²) in [7, 11) is 0. The Bertz CT molecular complexity index is 778. The number of nitrogens with two attached hydrogens (primary N) is 1. The lowest BCUT2D eigenvalue weighted by Gasteiger charge is -2.44. The number of fused-ring (bicyclic) bond motifs is 2. The molecule has 3 heterocycles. The molecule has 5 heteroatoms. The Balaban J connectivity index is 1.48. The fourth-order valence-electron chi connectivity index (χ4n) is 6.93. The van der Waals surface area contributed by atoms with Gasteiger partial charge in [0.1, 0.15) is 11.7 Å². The lowest BCUT2D eigenvalue weighted by molar-refractivity contribution is -0.640. The van der Waals surface area contributed by atoms with Crippen LogP contribution in [0.1, 0.15) is 62.5 Å². The van der Waals surface area contributed by atoms with Gasteiger partial charge in [0.2, 0.25) is 5.91 Å². The van der Waals surface area contributed by atoms with Gasteiger partial charge >= 0.3 is 0 Å². The molecule has 1 aliphatic carbocycles. The number of likely N-dealkylation sites (tertiary alicyclic amines) is 1. The Morgan fingerprint density at radius 3 is 2.83 bits per heavy atom. The highest BCUT2D eigenvalue weighted by Crippen LogP contribution is 2.42. The van der Waals surface area contributed by atoms with E-state index in [-0.39, 0.29) is 17.6 Å². The number of hydrogen-bond donors (Lipinski definition) is 1. The maximum atomic E-state index is 15.2. The molecule has 0 bridgehead atoms. The minimum atomic E-state index is -0.539. The molecule has 1 aromatic rings. The number of ether oxygens (including phenoxy) is 1. The lowest BCUT2D eigenvalue weighted by Crippen LogP contribution is -2.82. The molecule has 1 spiro atoms. The van der Waals surface area contributed by atoms with Crippen LogP contribution in [-0.4, -0.2) is 49.7 Å². The first-order valence-corrected chi connectivity index (χ1v) is 12.2. The standard InChI is InChI=1S/C25H35FN2O2/c26-21-10-6-9-19-12-14-30-17-25(23(19)21)16-27-15-20(25)24(29)28-13-5-4-11-22(28)18-7-2-1-3-8-18/h6,9-10,18,20,22,27H,1-5,7-8,11-17H2/p+1/t20-,22-,25?/m0/s1. The molecule has 3 fully saturated rings. The Hall–Kier alpha value is -1.46. The summed E-state index contributed by atoms with van der Waals surface area (Å²) in [5, 5.41) is 2.22. The molecule has 4 nitrogen and oxygen atoms in total. The number of rotatable bonds is 2. The number of benzene rings is 1. The van der Waals surface area contributed by atoms with Crippen molar-refractivity contribution >= 4 is 5.91 Å². The summed E-state index contributed by atoms with van der Waals surface area (Å²) in [5.74, 6) is 0.557. The number of carbonyl (C=O) groups excluding carboxylic acids is 1. The van der Waals surface area contributed by atoms with Crippen LogP contribution in [0.2, 0.25) is 0 Å². The predicted octanol–water partition coefficient (Wildman–Crippen LogP) is 2.79. The van der Waals surface area contributed by atoms with Gasteiger partial charge in [-0.25, -0.2) is 4.39 Å². The second kappa shape index (κ2) is 8.58. The van der Waals surface area contributed by atoms with Gasteiger partial charge in [0, 0.05) is 18.2 Å². The summed E-state index contributed by atoms with van der Waals surface area (Å²) in [6, 6.07) is 5.78. The zero-order valence-electron chi connectivity index (χ0n) is 18.1. The summed E-state index contributed by atoms with van der Waals surface area (Å²) in [6.07, 6.45) is 10.7. The minimum absolute atomic E-state index is 0.159. The average molecular weight is 416 g/mol. The first kappa shape index (κ1) is 20.4. The highest BCUT2D eigenvalue weighted by Gasteiger charge is 2.56. The van der Waals surface area contributed by atoms with Gasteiger partial charge in [0.15, 0.2) is 0 Å². The fourth-order valence-corrected chi connectivity index (χ4v) is 6.93. The van der Waals surface area contributed by atoms with E-state index in [1.807, 2.05) is 6.07 Å². The van der Waals surface area contributed by atoms with Gasteiger partial charge in [-0.3, -0.25) is 4.79 Å². The summed E-state index contributed by atoms with van der Waals surface area (Å²) >= 11 is 0. The summed E-state index contributed by atoms with van der Waals surface area (Å²) < 4.78 is 21.2. The van der Waals surface area contributed by atoms with Crippen LogP contribution in [0.5, 0.6) is 0 Å². The molecule has 4 aliphatic rings. The topological polar surface area (TPSA) is 46.1 Å². The van der Waals surface area contributed by atoms with Crippen molar-refractivity contribution in [3.05, 3.63) is 35.1 Å². The van der Waals surface area contributed by atoms with Crippen molar-refractivity contribution in [2.45, 2.75) is 69.2 Å². The SMILES string of the molecule is O=C([C@@H]1C[NH2+]CC12COCCc1cccc(F)c12)N1CCCC[C@H]1C1CCCCC1. The van der Waals surface area contributed by atoms with E-state index >= 15 is 4.39 Å². The van der Waals surface area contributed by atoms with E-state index in [1.165, 1.54) is 38.5 Å². The molecule has 1 saturated carbocycles. The number of piperidine rings is 1. The lowest BCUT2D eigenvalue weighted by atomic mass is 9.70. The molecule has 3 atom stereocenters. The highest BCUT2D eigenvalue weighted by atomic mass is 19.1. The van der Waals surface area contributed by atoms with Gasteiger partial charge in [0.05, 0.1) is 31.7 Å². The van der Waals surface area contributed by atoms with E-state index in [0.717, 1.165) is 50.0 Å². The molecular formula is C25H36FN2O2+. The molecule has 5 rings (SSSR count). The van der Waals surface area contributed by atoms with E-state index in [0.29, 0.717) is 25.2 Å². The van der Waals surface area contributed by atoms with E-state index in [1.54, 1.807) is 12.1 Å². The van der Waals surface area contributed by atoms with E-state index < -0.39 is 5.41 Å². The Kier molecular flexibility index (Phi) is 5.85. The van der Waals surface area contributed by atoms with Crippen molar-refractivity contribution in [2.75, 3.05) is 32.8 Å². The summed E-state index contributed by atoms with van der Waals surface area (Å²) in [4.78, 5) is 16.3. The number of nitrogens with zero attached hydrogens (tertiary/aromatic N) is 1. The molecule has 3 aliphatic heterocycles. The van der Waals surface area contributed by atoms with E-state index in [2.05, 4.69) is 10.2 Å². The smallest absolute Gasteiger partial charge is 0.232 e. The molecule has 0 aromatic heterocycles. The fraction of sp³-hybridized carbons (Fsp3) is 0.720. The van der Waals surface area contributed by atoms with Gasteiger partial charge < -0.3 is 15.0 Å². The Labute approximate surface area is 179 Å². The average Bonchev–Trinajstić information content (AvgIpc) is 3.11. The van der Waals surface area contributed by atoms with Crippen LogP contribution < -0.4 is 5.32 Å². The molecule has 1 unspecified atom stereocenters. The van der Waals surface area contributed by atoms with Gasteiger partial charge in [-0.15, -0.1) is 0 Å². The van der Waals surface area contributed by atoms with Crippen molar-refractivity contribution in [3.8, 4) is 0 Å². The van der Waals surface area contributed by atoms with Crippen LogP contribution >= 0.6 is 0 Å². The van der Waals surface area contributed by atoms with Crippen LogP contribution in [0, 0.1) is 17.7 Å². The maximum Gasteiger partial charge on any atom is 0.232 e. The molecule has 1 amide bonds. The number of quaternary nitrogens is 1. The molecule has 0 radical (unpaired) electrons. The second-order valence-corrected chi connectivity index (χ2v) is 10.0. The number of carbonyl (C=O) groups is 1. The minimum Gasteiger partial charge on any atom is -0.380 e. The van der Waals surface area contributed by atoms with Crippen LogP contribution in [-0.2, 0) is 21.4 Å². The molecule has 1 aromatic carbocycles. The van der Waals surface area contributed by atoms with Crippen LogP contribution in [0.4, 0.5) is 4.39 Å². The van der Waals surface area contributed by atoms with Crippen molar-refractivity contribution in [2.24, 2.45) is 11.8 Å². The monoisotopic (exact) mass is 415 g/mol. The maximum absolute atomic E-state index is 15.2. The third kappa shape index (κ3) is 3.48. The van der Waals surface area contributed by atoms with Gasteiger partial charge in [-0.05, 0) is 56.1 Å². The Morgan fingerprint density at radius 1 is 1.13 bits per heavy atom. The Morgan fingerprint density at radius 2 is 1.97 bits per heavy atom. The van der Waals surface area contributed by atoms with E-state index in [9.17, 15) is 4.79 Å². The van der Waals surface area contributed by atoms with Crippen molar-refractivity contribution in [1.29, 1.82) is 0 Å². The van der Waals surface area contributed by atoms with Crippen molar-refractivity contribution < 1.29 is 19.2 Å². The van der Waals surface area contributed by atoms with Crippen molar-refractivity contribution in [1.82, 2.24) is 4.90 Å². The highest BCUT2D eigenvalue weighted by molar-refractivity contribution is 5.82. The van der Waals surface area contributed by atoms with Crippen LogP contribution in [0.3, 0.4) is 0 Å². The number of hydrogen-bond acceptors (Lipinski definition) is 2. The van der Waals surface area contributed by atoms with Crippen LogP contribution in [0.25, 0.3) is 0 Å². The summed E-state index contributed by atoms with van der Waals surface area (Å²) in [5.41, 5.74) is 1.26.